The maximum absolute atomic E-state index is 6.13. The molecule has 2 saturated heterocycles. The van der Waals surface area contributed by atoms with Crippen molar-refractivity contribution in [2.75, 3.05) is 32.8 Å². The number of halogens is 1. The van der Waals surface area contributed by atoms with Gasteiger partial charge in [-0.05, 0) is 39.0 Å². The summed E-state index contributed by atoms with van der Waals surface area (Å²) >= 11 is 0. The largest absolute Gasteiger partial charge is 0.377 e. The van der Waals surface area contributed by atoms with Gasteiger partial charge in [0.1, 0.15) is 0 Å². The van der Waals surface area contributed by atoms with Crippen molar-refractivity contribution in [2.24, 2.45) is 16.3 Å². The van der Waals surface area contributed by atoms with Gasteiger partial charge >= 0.3 is 0 Å². The zero-order valence-corrected chi connectivity index (χ0v) is 19.1. The van der Waals surface area contributed by atoms with Gasteiger partial charge in [-0.15, -0.1) is 30.6 Å². The molecule has 154 valence electrons. The molecule has 1 spiro atoms. The highest BCUT2D eigenvalue weighted by Gasteiger charge is 2.65. The highest BCUT2D eigenvalue weighted by atomic mass is 127. The Morgan fingerprint density at radius 1 is 1.22 bits per heavy atom. The number of rotatable bonds is 5. The highest BCUT2D eigenvalue weighted by Crippen LogP contribution is 2.60. The third-order valence-electron chi connectivity index (χ3n) is 7.21. The second-order valence-corrected chi connectivity index (χ2v) is 8.64. The summed E-state index contributed by atoms with van der Waals surface area (Å²) in [7, 11) is 0. The van der Waals surface area contributed by atoms with Crippen molar-refractivity contribution < 1.29 is 4.74 Å². The van der Waals surface area contributed by atoms with Gasteiger partial charge in [-0.3, -0.25) is 9.89 Å². The molecule has 2 aliphatic carbocycles. The van der Waals surface area contributed by atoms with Gasteiger partial charge in [0.25, 0.3) is 0 Å². The lowest BCUT2D eigenvalue weighted by molar-refractivity contribution is -0.125. The van der Waals surface area contributed by atoms with Gasteiger partial charge in [-0.25, -0.2) is 0 Å². The maximum Gasteiger partial charge on any atom is 0.191 e. The smallest absolute Gasteiger partial charge is 0.191 e. The molecule has 5 nitrogen and oxygen atoms in total. The molecule has 2 N–H and O–H groups in total. The lowest BCUT2D eigenvalue weighted by Crippen LogP contribution is -2.69. The predicted octanol–water partition coefficient (Wildman–Crippen LogP) is 3.16. The summed E-state index contributed by atoms with van der Waals surface area (Å²) < 4.78 is 6.13. The summed E-state index contributed by atoms with van der Waals surface area (Å²) in [5, 5.41) is 7.62. The number of nitrogens with zero attached hydrogens (tertiary/aromatic N) is 2. The van der Waals surface area contributed by atoms with Gasteiger partial charge in [-0.1, -0.05) is 18.9 Å². The zero-order valence-electron chi connectivity index (χ0n) is 16.8. The lowest BCUT2D eigenvalue weighted by atomic mass is 9.54. The molecule has 0 radical (unpaired) electrons. The molecule has 0 aromatic heterocycles. The molecule has 2 saturated carbocycles. The average molecular weight is 488 g/mol. The van der Waals surface area contributed by atoms with E-state index in [9.17, 15) is 0 Å². The molecule has 0 bridgehead atoms. The van der Waals surface area contributed by atoms with Crippen molar-refractivity contribution in [3.05, 3.63) is 12.7 Å². The Kier molecular flexibility index (Phi) is 7.47. The van der Waals surface area contributed by atoms with E-state index in [1.54, 1.807) is 0 Å². The first-order valence-electron chi connectivity index (χ1n) is 10.8. The molecule has 0 aromatic rings. The van der Waals surface area contributed by atoms with E-state index in [-0.39, 0.29) is 24.0 Å². The van der Waals surface area contributed by atoms with E-state index in [1.807, 2.05) is 6.08 Å². The van der Waals surface area contributed by atoms with E-state index in [4.69, 9.17) is 9.73 Å². The fraction of sp³-hybridized carbons (Fsp3) is 0.857. The van der Waals surface area contributed by atoms with Crippen molar-refractivity contribution in [3.63, 3.8) is 0 Å². The summed E-state index contributed by atoms with van der Waals surface area (Å²) in [6.07, 6.45) is 11.5. The van der Waals surface area contributed by atoms with Gasteiger partial charge in [0, 0.05) is 56.2 Å². The molecule has 6 heteroatoms. The van der Waals surface area contributed by atoms with Crippen LogP contribution in [-0.2, 0) is 4.74 Å². The van der Waals surface area contributed by atoms with Crippen molar-refractivity contribution in [1.29, 1.82) is 0 Å². The van der Waals surface area contributed by atoms with Crippen LogP contribution in [-0.4, -0.2) is 61.8 Å². The van der Waals surface area contributed by atoms with Gasteiger partial charge in [0.15, 0.2) is 5.96 Å². The SMILES string of the molecule is C=CCN1CCC(NC(=NCC)NC2C3CCOC3C23CCCC3)CC1.I. The first-order chi connectivity index (χ1) is 12.8. The molecule has 27 heavy (non-hydrogen) atoms. The molecule has 3 atom stereocenters. The first kappa shape index (κ1) is 21.4. The molecule has 0 amide bonds. The zero-order chi connectivity index (χ0) is 18.0. The number of hydrogen-bond donors (Lipinski definition) is 2. The third-order valence-corrected chi connectivity index (χ3v) is 7.21. The Hall–Kier alpha value is -0.340. The lowest BCUT2D eigenvalue weighted by Gasteiger charge is -2.57. The van der Waals surface area contributed by atoms with Crippen LogP contribution in [0.1, 0.15) is 51.9 Å². The van der Waals surface area contributed by atoms with E-state index >= 15 is 0 Å². The molecular formula is C21H37IN4O. The van der Waals surface area contributed by atoms with Crippen LogP contribution in [0.2, 0.25) is 0 Å². The van der Waals surface area contributed by atoms with Crippen LogP contribution in [0.3, 0.4) is 0 Å². The number of hydrogen-bond acceptors (Lipinski definition) is 3. The fourth-order valence-corrected chi connectivity index (χ4v) is 5.98. The van der Waals surface area contributed by atoms with Crippen LogP contribution in [0.4, 0.5) is 0 Å². The Morgan fingerprint density at radius 2 is 1.96 bits per heavy atom. The van der Waals surface area contributed by atoms with Crippen LogP contribution in [0.25, 0.3) is 0 Å². The van der Waals surface area contributed by atoms with Crippen LogP contribution in [0, 0.1) is 11.3 Å². The summed E-state index contributed by atoms with van der Waals surface area (Å²) in [4.78, 5) is 7.27. The van der Waals surface area contributed by atoms with E-state index in [0.29, 0.717) is 29.5 Å². The molecular weight excluding hydrogens is 451 g/mol. The van der Waals surface area contributed by atoms with Gasteiger partial charge in [-0.2, -0.15) is 0 Å². The fourth-order valence-electron chi connectivity index (χ4n) is 5.98. The van der Waals surface area contributed by atoms with E-state index < -0.39 is 0 Å². The van der Waals surface area contributed by atoms with Crippen molar-refractivity contribution in [3.8, 4) is 0 Å². The molecule has 4 aliphatic rings. The predicted molar refractivity (Wildman–Crippen MR) is 122 cm³/mol. The Morgan fingerprint density at radius 3 is 2.63 bits per heavy atom. The number of likely N-dealkylation sites (tertiary alicyclic amines) is 1. The first-order valence-corrected chi connectivity index (χ1v) is 10.8. The summed E-state index contributed by atoms with van der Waals surface area (Å²) in [5.41, 5.74) is 0.380. The number of piperidine rings is 1. The topological polar surface area (TPSA) is 48.9 Å². The summed E-state index contributed by atoms with van der Waals surface area (Å²) in [6, 6.07) is 1.08. The second kappa shape index (κ2) is 9.44. The maximum atomic E-state index is 6.13. The molecule has 3 unspecified atom stereocenters. The number of ether oxygens (including phenoxy) is 1. The minimum Gasteiger partial charge on any atom is -0.377 e. The normalized spacial score (nSPS) is 33.2. The minimum atomic E-state index is 0. The van der Waals surface area contributed by atoms with Crippen LogP contribution < -0.4 is 10.6 Å². The number of fused-ring (bicyclic) bond motifs is 2. The second-order valence-electron chi connectivity index (χ2n) is 8.64. The summed E-state index contributed by atoms with van der Waals surface area (Å²) in [5.74, 6) is 1.72. The molecule has 0 aromatic carbocycles. The standard InChI is InChI=1S/C21H36N4O.HI/c1-3-12-25-13-7-16(8-14-25)23-20(22-4-2)24-18-17-9-15-26-19(17)21(18)10-5-6-11-21;/h3,16-19H,1,4-15H2,2H3,(H2,22,23,24);1H. The Balaban J connectivity index is 0.00000210. The highest BCUT2D eigenvalue weighted by molar-refractivity contribution is 14.0. The molecule has 2 heterocycles. The van der Waals surface area contributed by atoms with E-state index in [2.05, 4.69) is 29.0 Å². The van der Waals surface area contributed by atoms with Gasteiger partial charge in [0.2, 0.25) is 0 Å². The number of nitrogens with one attached hydrogen (secondary N) is 2. The van der Waals surface area contributed by atoms with Crippen molar-refractivity contribution >= 4 is 29.9 Å². The third kappa shape index (κ3) is 4.17. The van der Waals surface area contributed by atoms with Crippen LogP contribution >= 0.6 is 24.0 Å². The Bertz CT molecular complexity index is 526. The number of guanidine groups is 1. The van der Waals surface area contributed by atoms with Crippen LogP contribution in [0.5, 0.6) is 0 Å². The van der Waals surface area contributed by atoms with Gasteiger partial charge in [0.05, 0.1) is 6.10 Å². The quantitative estimate of drug-likeness (QED) is 0.270. The van der Waals surface area contributed by atoms with Crippen molar-refractivity contribution in [2.45, 2.75) is 70.1 Å². The van der Waals surface area contributed by atoms with Crippen molar-refractivity contribution in [1.82, 2.24) is 15.5 Å². The number of aliphatic imine (C=N–C) groups is 1. The van der Waals surface area contributed by atoms with E-state index in [1.165, 1.54) is 44.9 Å². The summed E-state index contributed by atoms with van der Waals surface area (Å²) in [6.45, 7) is 11.1. The molecule has 4 fully saturated rings. The Labute approximate surface area is 181 Å². The van der Waals surface area contributed by atoms with Gasteiger partial charge < -0.3 is 15.4 Å². The average Bonchev–Trinajstić information content (AvgIpc) is 3.30. The molecule has 2 aliphatic heterocycles. The van der Waals surface area contributed by atoms with Crippen LogP contribution in [0.15, 0.2) is 17.6 Å². The molecule has 4 rings (SSSR count). The minimum absolute atomic E-state index is 0. The van der Waals surface area contributed by atoms with E-state index in [0.717, 1.165) is 38.7 Å². The monoisotopic (exact) mass is 488 g/mol.